The number of nitrogens with zero attached hydrogens (tertiary/aromatic N) is 1. The number of hydrogen-bond donors (Lipinski definition) is 0. The minimum absolute atomic E-state index is 0.121. The summed E-state index contributed by atoms with van der Waals surface area (Å²) >= 11 is 0. The molecule has 2 aromatic heterocycles. The smallest absolute Gasteiger partial charge is 0.159 e. The van der Waals surface area contributed by atoms with Gasteiger partial charge in [0.1, 0.15) is 16.7 Å². The molecule has 0 amide bonds. The molecule has 2 aliphatic carbocycles. The molecule has 3 nitrogen and oxygen atoms in total. The van der Waals surface area contributed by atoms with Gasteiger partial charge in [0.15, 0.2) is 5.58 Å². The van der Waals surface area contributed by atoms with E-state index < -0.39 is 0 Å². The summed E-state index contributed by atoms with van der Waals surface area (Å²) in [6.07, 6.45) is 0. The van der Waals surface area contributed by atoms with Crippen molar-refractivity contribution in [2.45, 2.75) is 38.5 Å². The van der Waals surface area contributed by atoms with Gasteiger partial charge in [-0.25, -0.2) is 0 Å². The highest BCUT2D eigenvalue weighted by atomic mass is 16.3. The maximum atomic E-state index is 7.08. The van der Waals surface area contributed by atoms with E-state index in [-0.39, 0.29) is 10.8 Å². The van der Waals surface area contributed by atoms with Gasteiger partial charge in [-0.15, -0.1) is 0 Å². The number of para-hydroxylation sites is 2. The molecular formula is C54H39NO2. The van der Waals surface area contributed by atoms with Crippen LogP contribution in [0.25, 0.3) is 77.3 Å². The summed E-state index contributed by atoms with van der Waals surface area (Å²) in [5.74, 6) is 0. The fourth-order valence-electron chi connectivity index (χ4n) is 10.2. The average Bonchev–Trinajstić information content (AvgIpc) is 3.94. The van der Waals surface area contributed by atoms with Gasteiger partial charge in [-0.05, 0) is 116 Å². The zero-order valence-electron chi connectivity index (χ0n) is 32.4. The van der Waals surface area contributed by atoms with Crippen LogP contribution in [0.15, 0.2) is 173 Å². The molecule has 0 saturated carbocycles. The minimum Gasteiger partial charge on any atom is -0.456 e. The van der Waals surface area contributed by atoms with Gasteiger partial charge in [-0.3, -0.25) is 0 Å². The predicted molar refractivity (Wildman–Crippen MR) is 236 cm³/mol. The molecule has 0 unspecified atom stereocenters. The number of benzene rings is 8. The highest BCUT2D eigenvalue weighted by Crippen LogP contribution is 2.54. The van der Waals surface area contributed by atoms with E-state index in [1.807, 2.05) is 6.07 Å². The van der Waals surface area contributed by atoms with Gasteiger partial charge < -0.3 is 13.7 Å². The van der Waals surface area contributed by atoms with Crippen molar-refractivity contribution in [2.75, 3.05) is 4.90 Å². The Labute approximate surface area is 331 Å². The lowest BCUT2D eigenvalue weighted by atomic mass is 9.81. The standard InChI is InChI=1S/C54H39NO2/c1-53(2)42-19-11-8-16-36(42)38-24-22-32(29-44(38)53)33-28-41-51-49(27-26-48-50(51)40-18-10-13-21-47(40)56-48)57-52(41)46(30-33)55(34-14-6-5-7-15-34)35-23-25-39-37-17-9-12-20-43(37)54(3,4)45(39)31-35/h5-31H,1-4H3. The summed E-state index contributed by atoms with van der Waals surface area (Å²) in [5.41, 5.74) is 19.3. The Morgan fingerprint density at radius 1 is 0.386 bits per heavy atom. The van der Waals surface area contributed by atoms with Crippen molar-refractivity contribution in [3.63, 3.8) is 0 Å². The van der Waals surface area contributed by atoms with E-state index in [1.54, 1.807) is 0 Å². The lowest BCUT2D eigenvalue weighted by Crippen LogP contribution is -2.16. The van der Waals surface area contributed by atoms with Gasteiger partial charge in [0.25, 0.3) is 0 Å². The average molecular weight is 734 g/mol. The molecule has 2 heterocycles. The Balaban J connectivity index is 1.16. The third kappa shape index (κ3) is 4.43. The molecule has 3 heteroatoms. The molecule has 0 atom stereocenters. The summed E-state index contributed by atoms with van der Waals surface area (Å²) in [6, 6.07) is 59.6. The molecule has 2 aliphatic rings. The van der Waals surface area contributed by atoms with Crippen LogP contribution in [-0.2, 0) is 10.8 Å². The SMILES string of the molecule is CC1(C)c2ccccc2-c2ccc(-c3cc(N(c4ccccc4)c4ccc5c(c4)C(C)(C)c4ccccc4-5)c4oc5ccc6oc7ccccc7c6c5c4c3)cc21. The Morgan fingerprint density at radius 3 is 1.70 bits per heavy atom. The molecule has 0 N–H and O–H groups in total. The lowest BCUT2D eigenvalue weighted by Gasteiger charge is -2.28. The Hall–Kier alpha value is -6.84. The Bertz CT molecular complexity index is 3300. The number of furan rings is 2. The van der Waals surface area contributed by atoms with Crippen molar-refractivity contribution in [1.82, 2.24) is 0 Å². The van der Waals surface area contributed by atoms with E-state index in [0.717, 1.165) is 66.5 Å². The topological polar surface area (TPSA) is 29.5 Å². The summed E-state index contributed by atoms with van der Waals surface area (Å²) in [4.78, 5) is 2.39. The summed E-state index contributed by atoms with van der Waals surface area (Å²) < 4.78 is 13.5. The molecule has 0 bridgehead atoms. The van der Waals surface area contributed by atoms with Gasteiger partial charge >= 0.3 is 0 Å². The molecule has 0 aliphatic heterocycles. The van der Waals surface area contributed by atoms with E-state index in [1.165, 1.54) is 50.1 Å². The van der Waals surface area contributed by atoms with Crippen LogP contribution in [0.1, 0.15) is 49.9 Å². The summed E-state index contributed by atoms with van der Waals surface area (Å²) in [5, 5.41) is 4.31. The monoisotopic (exact) mass is 733 g/mol. The van der Waals surface area contributed by atoms with Crippen molar-refractivity contribution >= 4 is 60.9 Å². The normalized spacial score (nSPS) is 14.6. The summed E-state index contributed by atoms with van der Waals surface area (Å²) in [6.45, 7) is 9.40. The zero-order chi connectivity index (χ0) is 38.2. The Kier molecular flexibility index (Phi) is 6.46. The molecule has 57 heavy (non-hydrogen) atoms. The van der Waals surface area contributed by atoms with E-state index >= 15 is 0 Å². The molecule has 0 fully saturated rings. The van der Waals surface area contributed by atoms with Gasteiger partial charge in [0, 0.05) is 43.7 Å². The maximum Gasteiger partial charge on any atom is 0.159 e. The second-order valence-corrected chi connectivity index (χ2v) is 16.9. The molecule has 272 valence electrons. The van der Waals surface area contributed by atoms with Gasteiger partial charge in [-0.1, -0.05) is 131 Å². The van der Waals surface area contributed by atoms with E-state index in [0.29, 0.717) is 0 Å². The van der Waals surface area contributed by atoms with Crippen LogP contribution >= 0.6 is 0 Å². The number of anilines is 3. The number of rotatable bonds is 4. The lowest BCUT2D eigenvalue weighted by molar-refractivity contribution is 0.660. The molecular weight excluding hydrogens is 695 g/mol. The second-order valence-electron chi connectivity index (χ2n) is 16.9. The first-order valence-corrected chi connectivity index (χ1v) is 19.9. The molecule has 0 spiro atoms. The van der Waals surface area contributed by atoms with Gasteiger partial charge in [0.2, 0.25) is 0 Å². The van der Waals surface area contributed by atoms with Crippen LogP contribution in [0.2, 0.25) is 0 Å². The third-order valence-electron chi connectivity index (χ3n) is 13.1. The third-order valence-corrected chi connectivity index (χ3v) is 13.1. The first-order valence-electron chi connectivity index (χ1n) is 19.9. The van der Waals surface area contributed by atoms with Crippen molar-refractivity contribution in [2.24, 2.45) is 0 Å². The fourth-order valence-corrected chi connectivity index (χ4v) is 10.2. The van der Waals surface area contributed by atoms with Gasteiger partial charge in [0.05, 0.1) is 5.69 Å². The quantitative estimate of drug-likeness (QED) is 0.180. The van der Waals surface area contributed by atoms with Crippen molar-refractivity contribution in [3.8, 4) is 33.4 Å². The van der Waals surface area contributed by atoms with Crippen LogP contribution in [0.4, 0.5) is 17.1 Å². The maximum absolute atomic E-state index is 7.08. The van der Waals surface area contributed by atoms with Crippen molar-refractivity contribution < 1.29 is 8.83 Å². The number of fused-ring (bicyclic) bond motifs is 13. The van der Waals surface area contributed by atoms with E-state index in [4.69, 9.17) is 8.83 Å². The molecule has 0 saturated heterocycles. The van der Waals surface area contributed by atoms with E-state index in [2.05, 4.69) is 190 Å². The fraction of sp³-hybridized carbons (Fsp3) is 0.111. The van der Waals surface area contributed by atoms with Crippen LogP contribution in [0.5, 0.6) is 0 Å². The second kappa shape index (κ2) is 11.4. The van der Waals surface area contributed by atoms with Crippen molar-refractivity contribution in [1.29, 1.82) is 0 Å². The highest BCUT2D eigenvalue weighted by molar-refractivity contribution is 6.27. The van der Waals surface area contributed by atoms with Crippen LogP contribution < -0.4 is 4.90 Å². The first kappa shape index (κ1) is 32.4. The van der Waals surface area contributed by atoms with Crippen LogP contribution in [0, 0.1) is 0 Å². The highest BCUT2D eigenvalue weighted by Gasteiger charge is 2.37. The molecule has 10 aromatic rings. The van der Waals surface area contributed by atoms with Crippen LogP contribution in [-0.4, -0.2) is 0 Å². The largest absolute Gasteiger partial charge is 0.456 e. The number of hydrogen-bond acceptors (Lipinski definition) is 3. The van der Waals surface area contributed by atoms with Gasteiger partial charge in [-0.2, -0.15) is 0 Å². The first-order chi connectivity index (χ1) is 27.8. The Morgan fingerprint density at radius 2 is 0.965 bits per heavy atom. The summed E-state index contributed by atoms with van der Waals surface area (Å²) in [7, 11) is 0. The molecule has 8 aromatic carbocycles. The van der Waals surface area contributed by atoms with Crippen molar-refractivity contribution in [3.05, 3.63) is 186 Å². The van der Waals surface area contributed by atoms with E-state index in [9.17, 15) is 0 Å². The molecule has 0 radical (unpaired) electrons. The van der Waals surface area contributed by atoms with Crippen LogP contribution in [0.3, 0.4) is 0 Å². The zero-order valence-corrected chi connectivity index (χ0v) is 32.4. The predicted octanol–water partition coefficient (Wildman–Crippen LogP) is 15.2. The molecule has 12 rings (SSSR count). The minimum atomic E-state index is -0.149.